The third kappa shape index (κ3) is 3.19. The molecule has 4 nitrogen and oxygen atoms in total. The van der Waals surface area contributed by atoms with E-state index in [4.69, 9.17) is 4.74 Å². The van der Waals surface area contributed by atoms with Gasteiger partial charge < -0.3 is 15.2 Å². The van der Waals surface area contributed by atoms with Gasteiger partial charge >= 0.3 is 0 Å². The predicted molar refractivity (Wildman–Crippen MR) is 59.9 cm³/mol. The van der Waals surface area contributed by atoms with Gasteiger partial charge in [-0.05, 0) is 25.7 Å². The van der Waals surface area contributed by atoms with Gasteiger partial charge in [0, 0.05) is 19.1 Å². The quantitative estimate of drug-likeness (QED) is 0.748. The van der Waals surface area contributed by atoms with Gasteiger partial charge in [0.1, 0.15) is 0 Å². The zero-order chi connectivity index (χ0) is 11.4. The summed E-state index contributed by atoms with van der Waals surface area (Å²) >= 11 is 0. The monoisotopic (exact) mass is 227 g/mol. The highest BCUT2D eigenvalue weighted by Crippen LogP contribution is 2.24. The van der Waals surface area contributed by atoms with Crippen LogP contribution in [0, 0.1) is 5.92 Å². The summed E-state index contributed by atoms with van der Waals surface area (Å²) in [6.45, 7) is 1.41. The molecule has 1 heterocycles. The molecule has 3 unspecified atom stereocenters. The molecule has 1 aliphatic carbocycles. The van der Waals surface area contributed by atoms with Gasteiger partial charge in [-0.15, -0.1) is 0 Å². The van der Waals surface area contributed by atoms with Crippen LogP contribution < -0.4 is 5.32 Å². The fraction of sp³-hybridized carbons (Fsp3) is 0.917. The minimum absolute atomic E-state index is 0.0611. The molecule has 3 atom stereocenters. The van der Waals surface area contributed by atoms with Crippen LogP contribution in [0.1, 0.15) is 38.5 Å². The molecule has 0 aromatic carbocycles. The Morgan fingerprint density at radius 3 is 2.81 bits per heavy atom. The molecule has 2 N–H and O–H groups in total. The van der Waals surface area contributed by atoms with E-state index in [1.54, 1.807) is 0 Å². The molecule has 2 rings (SSSR count). The average molecular weight is 227 g/mol. The number of hydrogen-bond donors (Lipinski definition) is 2. The van der Waals surface area contributed by atoms with Gasteiger partial charge in [-0.2, -0.15) is 0 Å². The third-order valence-corrected chi connectivity index (χ3v) is 3.62. The molecule has 4 heteroatoms. The first-order valence-corrected chi connectivity index (χ1v) is 6.32. The fourth-order valence-electron chi connectivity index (χ4n) is 2.58. The van der Waals surface area contributed by atoms with Crippen molar-refractivity contribution in [2.24, 2.45) is 5.92 Å². The molecule has 0 aromatic heterocycles. The van der Waals surface area contributed by atoms with Gasteiger partial charge in [0.15, 0.2) is 0 Å². The average Bonchev–Trinajstić information content (AvgIpc) is 2.87. The number of aliphatic hydroxyl groups excluding tert-OH is 1. The Hall–Kier alpha value is -0.610. The molecular formula is C12H21NO3. The Bertz CT molecular complexity index is 238. The van der Waals surface area contributed by atoms with Crippen LogP contribution in [0.3, 0.4) is 0 Å². The lowest BCUT2D eigenvalue weighted by Crippen LogP contribution is -2.34. The summed E-state index contributed by atoms with van der Waals surface area (Å²) in [4.78, 5) is 11.6. The molecular weight excluding hydrogens is 206 g/mol. The summed E-state index contributed by atoms with van der Waals surface area (Å²) in [5.41, 5.74) is 0. The number of hydrogen-bond acceptors (Lipinski definition) is 3. The minimum Gasteiger partial charge on any atom is -0.393 e. The normalized spacial score (nSPS) is 34.2. The molecule has 0 radical (unpaired) electrons. The van der Waals surface area contributed by atoms with E-state index in [1.165, 1.54) is 0 Å². The lowest BCUT2D eigenvalue weighted by atomic mass is 10.1. The number of amides is 1. The number of nitrogens with one attached hydrogen (secondary N) is 1. The molecule has 0 spiro atoms. The van der Waals surface area contributed by atoms with Gasteiger partial charge in [0.25, 0.3) is 0 Å². The highest BCUT2D eigenvalue weighted by atomic mass is 16.5. The summed E-state index contributed by atoms with van der Waals surface area (Å²) in [5, 5.41) is 12.5. The second-order valence-electron chi connectivity index (χ2n) is 4.90. The summed E-state index contributed by atoms with van der Waals surface area (Å²) in [5.74, 6) is 0.319. The van der Waals surface area contributed by atoms with Crippen LogP contribution in [-0.2, 0) is 9.53 Å². The van der Waals surface area contributed by atoms with Crippen LogP contribution >= 0.6 is 0 Å². The molecule has 92 valence electrons. The molecule has 1 amide bonds. The van der Waals surface area contributed by atoms with E-state index in [-0.39, 0.29) is 24.0 Å². The van der Waals surface area contributed by atoms with E-state index in [0.717, 1.165) is 38.7 Å². The summed E-state index contributed by atoms with van der Waals surface area (Å²) in [6, 6.07) is 0. The van der Waals surface area contributed by atoms with Gasteiger partial charge in [0.05, 0.1) is 18.6 Å². The molecule has 1 saturated heterocycles. The maximum absolute atomic E-state index is 11.6. The summed E-state index contributed by atoms with van der Waals surface area (Å²) < 4.78 is 5.41. The van der Waals surface area contributed by atoms with Crippen LogP contribution in [0.25, 0.3) is 0 Å². The van der Waals surface area contributed by atoms with Crippen molar-refractivity contribution < 1.29 is 14.6 Å². The Morgan fingerprint density at radius 2 is 2.19 bits per heavy atom. The number of rotatable bonds is 4. The number of ether oxygens (including phenoxy) is 1. The van der Waals surface area contributed by atoms with Crippen molar-refractivity contribution in [1.29, 1.82) is 0 Å². The topological polar surface area (TPSA) is 58.6 Å². The molecule has 1 aliphatic heterocycles. The SMILES string of the molecule is O=C(CC1CCCO1)NCC1CCCC1O. The van der Waals surface area contributed by atoms with Crippen molar-refractivity contribution in [1.82, 2.24) is 5.32 Å². The highest BCUT2D eigenvalue weighted by Gasteiger charge is 2.26. The Kier molecular flexibility index (Phi) is 4.18. The second-order valence-corrected chi connectivity index (χ2v) is 4.90. The van der Waals surface area contributed by atoms with Gasteiger partial charge in [-0.3, -0.25) is 4.79 Å². The van der Waals surface area contributed by atoms with Crippen molar-refractivity contribution in [3.63, 3.8) is 0 Å². The molecule has 2 fully saturated rings. The summed E-state index contributed by atoms with van der Waals surface area (Å²) in [7, 11) is 0. The largest absolute Gasteiger partial charge is 0.393 e. The van der Waals surface area contributed by atoms with E-state index < -0.39 is 0 Å². The number of carbonyl (C=O) groups is 1. The lowest BCUT2D eigenvalue weighted by Gasteiger charge is -2.16. The summed E-state index contributed by atoms with van der Waals surface area (Å²) in [6.07, 6.45) is 5.43. The van der Waals surface area contributed by atoms with Crippen molar-refractivity contribution in [2.75, 3.05) is 13.2 Å². The zero-order valence-electron chi connectivity index (χ0n) is 9.65. The van der Waals surface area contributed by atoms with Crippen LogP contribution in [0.4, 0.5) is 0 Å². The molecule has 0 bridgehead atoms. The highest BCUT2D eigenvalue weighted by molar-refractivity contribution is 5.76. The van der Waals surface area contributed by atoms with E-state index in [0.29, 0.717) is 13.0 Å². The Labute approximate surface area is 96.4 Å². The molecule has 0 aromatic rings. The van der Waals surface area contributed by atoms with Crippen molar-refractivity contribution in [3.05, 3.63) is 0 Å². The van der Waals surface area contributed by atoms with Gasteiger partial charge in [0.2, 0.25) is 5.91 Å². The van der Waals surface area contributed by atoms with Crippen molar-refractivity contribution in [2.45, 2.75) is 50.7 Å². The second kappa shape index (κ2) is 5.64. The third-order valence-electron chi connectivity index (χ3n) is 3.62. The number of carbonyl (C=O) groups excluding carboxylic acids is 1. The van der Waals surface area contributed by atoms with E-state index in [2.05, 4.69) is 5.32 Å². The molecule has 16 heavy (non-hydrogen) atoms. The maximum Gasteiger partial charge on any atom is 0.222 e. The van der Waals surface area contributed by atoms with Crippen LogP contribution in [0.15, 0.2) is 0 Å². The van der Waals surface area contributed by atoms with Gasteiger partial charge in [-0.25, -0.2) is 0 Å². The maximum atomic E-state index is 11.6. The first-order chi connectivity index (χ1) is 7.75. The fourth-order valence-corrected chi connectivity index (χ4v) is 2.58. The Balaban J connectivity index is 1.63. The van der Waals surface area contributed by atoms with Crippen LogP contribution in [-0.4, -0.2) is 36.4 Å². The van der Waals surface area contributed by atoms with Gasteiger partial charge in [-0.1, -0.05) is 6.42 Å². The predicted octanol–water partition coefficient (Wildman–Crippen LogP) is 0.833. The first-order valence-electron chi connectivity index (χ1n) is 6.32. The minimum atomic E-state index is -0.219. The number of aliphatic hydroxyl groups is 1. The van der Waals surface area contributed by atoms with Crippen molar-refractivity contribution in [3.8, 4) is 0 Å². The zero-order valence-corrected chi connectivity index (χ0v) is 9.65. The lowest BCUT2D eigenvalue weighted by molar-refractivity contribution is -0.123. The van der Waals surface area contributed by atoms with Crippen LogP contribution in [0.5, 0.6) is 0 Å². The first kappa shape index (κ1) is 11.9. The molecule has 1 saturated carbocycles. The van der Waals surface area contributed by atoms with Crippen molar-refractivity contribution >= 4 is 5.91 Å². The van der Waals surface area contributed by atoms with Crippen LogP contribution in [0.2, 0.25) is 0 Å². The van der Waals surface area contributed by atoms with E-state index >= 15 is 0 Å². The van der Waals surface area contributed by atoms with E-state index in [9.17, 15) is 9.90 Å². The standard InChI is InChI=1S/C12H21NO3/c14-11-5-1-3-9(11)8-13-12(15)7-10-4-2-6-16-10/h9-11,14H,1-8H2,(H,13,15). The van der Waals surface area contributed by atoms with E-state index in [1.807, 2.05) is 0 Å². The molecule has 2 aliphatic rings. The Morgan fingerprint density at radius 1 is 1.31 bits per heavy atom. The smallest absolute Gasteiger partial charge is 0.222 e.